The fourth-order valence-corrected chi connectivity index (χ4v) is 15.2. The maximum absolute atomic E-state index is 12.6. The van der Waals surface area contributed by atoms with Crippen LogP contribution in [0.15, 0.2) is 24.3 Å². The fourth-order valence-electron chi connectivity index (χ4n) is 4.15. The molecule has 0 spiro atoms. The van der Waals surface area contributed by atoms with Crippen molar-refractivity contribution >= 4 is 27.5 Å². The van der Waals surface area contributed by atoms with Gasteiger partial charge in [0.15, 0.2) is 0 Å². The minimum atomic E-state index is -3.95. The number of aromatic carboxylic acids is 2. The molecule has 0 heterocycles. The van der Waals surface area contributed by atoms with Crippen LogP contribution < -0.4 is 0 Å². The minimum absolute atomic E-state index is 0.0186. The Balaban J connectivity index is 0.000000716. The molecule has 7 nitrogen and oxygen atoms in total. The van der Waals surface area contributed by atoms with E-state index in [1.54, 1.807) is 0 Å². The van der Waals surface area contributed by atoms with Crippen molar-refractivity contribution < 1.29 is 32.8 Å². The van der Waals surface area contributed by atoms with E-state index in [4.69, 9.17) is 10.2 Å². The van der Waals surface area contributed by atoms with E-state index < -0.39 is 27.5 Å². The average molecular weight is 507 g/mol. The fraction of sp³-hybridized carbons (Fsp3) is 0.667. The molecule has 0 amide bonds. The van der Waals surface area contributed by atoms with Crippen LogP contribution in [0.5, 0.6) is 0 Å². The Morgan fingerprint density at radius 2 is 1.03 bits per heavy atom. The summed E-state index contributed by atoms with van der Waals surface area (Å²) in [4.78, 5) is 20.8. The number of hydrogen-bond acceptors (Lipinski definition) is 4. The summed E-state index contributed by atoms with van der Waals surface area (Å²) >= 11 is 0. The molecular formula is C24H43O7PS. The van der Waals surface area contributed by atoms with Crippen molar-refractivity contribution in [2.24, 2.45) is 0 Å². The van der Waals surface area contributed by atoms with Gasteiger partial charge >= 0.3 is 144 Å². The van der Waals surface area contributed by atoms with Crippen molar-refractivity contribution in [3.8, 4) is 0 Å². The topological polar surface area (TPSA) is 129 Å². The Hall–Kier alpha value is -1.50. The maximum Gasteiger partial charge on any atom is 0.335 e. The van der Waals surface area contributed by atoms with Crippen molar-refractivity contribution in [1.29, 1.82) is 0 Å². The van der Waals surface area contributed by atoms with Crippen LogP contribution in [0.25, 0.3) is 0 Å². The van der Waals surface area contributed by atoms with Gasteiger partial charge in [-0.2, -0.15) is 0 Å². The maximum atomic E-state index is 12.6. The van der Waals surface area contributed by atoms with Crippen molar-refractivity contribution in [3.63, 3.8) is 0 Å². The summed E-state index contributed by atoms with van der Waals surface area (Å²) < 4.78 is 35.5. The molecule has 0 unspecified atom stereocenters. The molecule has 1 aromatic rings. The van der Waals surface area contributed by atoms with Gasteiger partial charge in [-0.05, 0) is 18.2 Å². The summed E-state index contributed by atoms with van der Waals surface area (Å²) in [6, 6.07) is 5.20. The standard InChI is InChI=1S/C16H37O3PS.C8H6O4/c1-5-9-13-20(14-10-6-2,15-11-7-3,16-12-8-4)21(17,18)19;9-7(10)5-2-1-3-6(4-5)8(11)12/h5-16H2,1-4H3,(H,17,18,19);1-4H,(H,9,10)(H,11,12). The van der Waals surface area contributed by atoms with Crippen LogP contribution >= 0.6 is 5.81 Å². The average Bonchev–Trinajstić information content (AvgIpc) is 2.78. The third kappa shape index (κ3) is 8.99. The molecule has 0 aliphatic rings. The number of carboxylic acid groups (broad SMARTS) is 2. The van der Waals surface area contributed by atoms with Gasteiger partial charge in [-0.25, -0.2) is 9.59 Å². The molecule has 9 heteroatoms. The van der Waals surface area contributed by atoms with Gasteiger partial charge in [-0.15, -0.1) is 0 Å². The third-order valence-electron chi connectivity index (χ3n) is 6.32. The molecule has 0 atom stereocenters. The van der Waals surface area contributed by atoms with Gasteiger partial charge in [-0.3, -0.25) is 0 Å². The minimum Gasteiger partial charge on any atom is -0.478 e. The first-order valence-corrected chi connectivity index (χ1v) is 17.0. The molecule has 0 aliphatic heterocycles. The van der Waals surface area contributed by atoms with Gasteiger partial charge < -0.3 is 10.2 Å². The molecule has 0 fully saturated rings. The number of carbonyl (C=O) groups is 2. The predicted molar refractivity (Wildman–Crippen MR) is 138 cm³/mol. The number of unbranched alkanes of at least 4 members (excludes halogenated alkanes) is 4. The van der Waals surface area contributed by atoms with Gasteiger partial charge in [0.2, 0.25) is 0 Å². The molecule has 0 aliphatic carbocycles. The first-order chi connectivity index (χ1) is 15.4. The number of hydrogen-bond donors (Lipinski definition) is 3. The summed E-state index contributed by atoms with van der Waals surface area (Å²) in [5.74, 6) is -5.35. The van der Waals surface area contributed by atoms with E-state index in [9.17, 15) is 22.6 Å². The molecule has 0 radical (unpaired) electrons. The Kier molecular flexibility index (Phi) is 14.0. The smallest absolute Gasteiger partial charge is 0.335 e. The van der Waals surface area contributed by atoms with Crippen LogP contribution in [0.3, 0.4) is 0 Å². The first kappa shape index (κ1) is 31.5. The van der Waals surface area contributed by atoms with Crippen molar-refractivity contribution in [2.45, 2.75) is 79.1 Å². The van der Waals surface area contributed by atoms with E-state index in [2.05, 4.69) is 27.7 Å². The van der Waals surface area contributed by atoms with Gasteiger partial charge in [0.1, 0.15) is 0 Å². The van der Waals surface area contributed by atoms with E-state index in [1.165, 1.54) is 18.2 Å². The number of benzene rings is 1. The van der Waals surface area contributed by atoms with E-state index >= 15 is 0 Å². The third-order valence-corrected chi connectivity index (χ3v) is 19.5. The molecule has 0 bridgehead atoms. The van der Waals surface area contributed by atoms with Crippen LogP contribution in [-0.2, 0) is 9.74 Å². The van der Waals surface area contributed by atoms with Gasteiger partial charge in [0.25, 0.3) is 0 Å². The van der Waals surface area contributed by atoms with Crippen molar-refractivity contribution in [3.05, 3.63) is 35.4 Å². The quantitative estimate of drug-likeness (QED) is 0.180. The summed E-state index contributed by atoms with van der Waals surface area (Å²) in [7, 11) is -3.95. The monoisotopic (exact) mass is 506 g/mol. The molecule has 192 valence electrons. The second kappa shape index (κ2) is 14.7. The Labute approximate surface area is 199 Å². The predicted octanol–water partition coefficient (Wildman–Crippen LogP) is 6.63. The Morgan fingerprint density at radius 1 is 0.727 bits per heavy atom. The molecule has 0 saturated heterocycles. The van der Waals surface area contributed by atoms with Crippen LogP contribution in [0.2, 0.25) is 0 Å². The zero-order valence-electron chi connectivity index (χ0n) is 20.6. The van der Waals surface area contributed by atoms with Gasteiger partial charge in [-0.1, -0.05) is 6.07 Å². The largest absolute Gasteiger partial charge is 0.478 e. The second-order valence-electron chi connectivity index (χ2n) is 8.81. The van der Waals surface area contributed by atoms with E-state index in [-0.39, 0.29) is 11.1 Å². The Morgan fingerprint density at radius 3 is 1.24 bits per heavy atom. The van der Waals surface area contributed by atoms with E-state index in [1.807, 2.05) is 0 Å². The Bertz CT molecular complexity index is 779. The summed E-state index contributed by atoms with van der Waals surface area (Å²) in [5.41, 5.74) is -0.0372. The molecule has 0 aromatic heterocycles. The number of carboxylic acids is 2. The number of rotatable bonds is 15. The zero-order valence-corrected chi connectivity index (χ0v) is 22.3. The van der Waals surface area contributed by atoms with Crippen LogP contribution in [0.4, 0.5) is 0 Å². The van der Waals surface area contributed by atoms with Gasteiger partial charge in [0.05, 0.1) is 11.1 Å². The molecule has 0 saturated carbocycles. The molecule has 33 heavy (non-hydrogen) atoms. The van der Waals surface area contributed by atoms with Crippen LogP contribution in [0.1, 0.15) is 99.8 Å². The summed E-state index contributed by atoms with van der Waals surface area (Å²) in [6.45, 7) is 8.42. The van der Waals surface area contributed by atoms with Crippen molar-refractivity contribution in [2.75, 3.05) is 24.6 Å². The van der Waals surface area contributed by atoms with E-state index in [0.29, 0.717) is 0 Å². The summed E-state index contributed by atoms with van der Waals surface area (Å²) in [6.07, 6.45) is 10.6. The zero-order chi connectivity index (χ0) is 25.6. The van der Waals surface area contributed by atoms with Gasteiger partial charge in [0, 0.05) is 0 Å². The first-order valence-electron chi connectivity index (χ1n) is 12.0. The SMILES string of the molecule is CCCCP(CCCC)(CCCC)(CCCC)S(=O)(=O)O.O=C(O)c1cccc(C(=O)O)c1. The molecule has 3 N–H and O–H groups in total. The second-order valence-corrected chi connectivity index (χ2v) is 19.7. The van der Waals surface area contributed by atoms with Crippen LogP contribution in [-0.4, -0.2) is 59.8 Å². The van der Waals surface area contributed by atoms with E-state index in [0.717, 1.165) is 82.1 Å². The van der Waals surface area contributed by atoms with Crippen LogP contribution in [0, 0.1) is 0 Å². The molecule has 1 rings (SSSR count). The van der Waals surface area contributed by atoms with Crippen molar-refractivity contribution in [1.82, 2.24) is 0 Å². The normalized spacial score (nSPS) is 12.8. The molecule has 1 aromatic carbocycles. The molecular weight excluding hydrogens is 463 g/mol. The summed E-state index contributed by atoms with van der Waals surface area (Å²) in [5, 5.41) is 17.0.